The summed E-state index contributed by atoms with van der Waals surface area (Å²) in [4.78, 5) is 12.3. The Morgan fingerprint density at radius 1 is 1.10 bits per heavy atom. The van der Waals surface area contributed by atoms with Crippen LogP contribution in [0.1, 0.15) is 27.0 Å². The number of rotatable bonds is 4. The summed E-state index contributed by atoms with van der Waals surface area (Å²) in [6.45, 7) is 4.61. The lowest BCUT2D eigenvalue weighted by Gasteiger charge is -2.10. The molecule has 2 aromatic rings. The first-order valence-corrected chi connectivity index (χ1v) is 6.78. The van der Waals surface area contributed by atoms with Gasteiger partial charge in [-0.15, -0.1) is 0 Å². The lowest BCUT2D eigenvalue weighted by atomic mass is 10.0. The summed E-state index contributed by atoms with van der Waals surface area (Å²) in [5.41, 5.74) is 10.4. The normalized spacial score (nSPS) is 10.3. The van der Waals surface area contributed by atoms with Gasteiger partial charge in [0.1, 0.15) is 0 Å². The van der Waals surface area contributed by atoms with Crippen molar-refractivity contribution in [3.63, 3.8) is 0 Å². The van der Waals surface area contributed by atoms with Gasteiger partial charge in [0.15, 0.2) is 0 Å². The van der Waals surface area contributed by atoms with Crippen molar-refractivity contribution in [2.75, 3.05) is 11.9 Å². The number of amides is 1. The van der Waals surface area contributed by atoms with Gasteiger partial charge in [-0.1, -0.05) is 24.3 Å². The van der Waals surface area contributed by atoms with Gasteiger partial charge in [0.05, 0.1) is 0 Å². The molecule has 0 atom stereocenters. The standard InChI is InChI=1S/C17H20N2O/c1-12-4-3-5-16(13(12)2)17(20)19-15-8-6-14(7-9-15)10-11-18/h3-9H,10-11,18H2,1-2H3,(H,19,20). The highest BCUT2D eigenvalue weighted by molar-refractivity contribution is 6.05. The van der Waals surface area contributed by atoms with Gasteiger partial charge in [-0.05, 0) is 61.7 Å². The van der Waals surface area contributed by atoms with Crippen LogP contribution >= 0.6 is 0 Å². The number of aryl methyl sites for hydroxylation is 1. The van der Waals surface area contributed by atoms with Crippen molar-refractivity contribution in [1.29, 1.82) is 0 Å². The highest BCUT2D eigenvalue weighted by Crippen LogP contribution is 2.16. The topological polar surface area (TPSA) is 55.1 Å². The lowest BCUT2D eigenvalue weighted by Crippen LogP contribution is -2.14. The van der Waals surface area contributed by atoms with Crippen LogP contribution in [0.5, 0.6) is 0 Å². The van der Waals surface area contributed by atoms with Crippen LogP contribution in [0.2, 0.25) is 0 Å². The van der Waals surface area contributed by atoms with Crippen molar-refractivity contribution in [1.82, 2.24) is 0 Å². The summed E-state index contributed by atoms with van der Waals surface area (Å²) in [6, 6.07) is 13.6. The van der Waals surface area contributed by atoms with Gasteiger partial charge in [-0.25, -0.2) is 0 Å². The van der Waals surface area contributed by atoms with Crippen molar-refractivity contribution in [2.24, 2.45) is 5.73 Å². The van der Waals surface area contributed by atoms with Gasteiger partial charge in [0.25, 0.3) is 5.91 Å². The van der Waals surface area contributed by atoms with E-state index in [-0.39, 0.29) is 5.91 Å². The maximum Gasteiger partial charge on any atom is 0.255 e. The second kappa shape index (κ2) is 6.35. The molecule has 1 amide bonds. The number of nitrogens with two attached hydrogens (primary N) is 1. The SMILES string of the molecule is Cc1cccc(C(=O)Nc2ccc(CCN)cc2)c1C. The Morgan fingerprint density at radius 3 is 2.45 bits per heavy atom. The Labute approximate surface area is 119 Å². The van der Waals surface area contributed by atoms with Crippen LogP contribution in [0, 0.1) is 13.8 Å². The minimum absolute atomic E-state index is 0.0715. The zero-order valence-corrected chi connectivity index (χ0v) is 11.9. The molecule has 3 nitrogen and oxygen atoms in total. The Balaban J connectivity index is 2.13. The molecular formula is C17H20N2O. The molecule has 0 aliphatic rings. The molecule has 3 N–H and O–H groups in total. The molecule has 0 aliphatic carbocycles. The van der Waals surface area contributed by atoms with Crippen molar-refractivity contribution in [3.8, 4) is 0 Å². The van der Waals surface area contributed by atoms with E-state index in [0.29, 0.717) is 6.54 Å². The molecule has 0 bridgehead atoms. The fourth-order valence-corrected chi connectivity index (χ4v) is 2.12. The number of hydrogen-bond acceptors (Lipinski definition) is 2. The van der Waals surface area contributed by atoms with Gasteiger partial charge >= 0.3 is 0 Å². The zero-order chi connectivity index (χ0) is 14.5. The summed E-state index contributed by atoms with van der Waals surface area (Å²) in [5, 5.41) is 2.93. The van der Waals surface area contributed by atoms with Crippen LogP contribution in [0.15, 0.2) is 42.5 Å². The number of carbonyl (C=O) groups is 1. The molecule has 0 heterocycles. The molecule has 0 spiro atoms. The van der Waals surface area contributed by atoms with Crippen LogP contribution in [-0.4, -0.2) is 12.5 Å². The molecule has 104 valence electrons. The summed E-state index contributed by atoms with van der Waals surface area (Å²) >= 11 is 0. The molecule has 0 aliphatic heterocycles. The first-order valence-electron chi connectivity index (χ1n) is 6.78. The molecule has 0 unspecified atom stereocenters. The van der Waals surface area contributed by atoms with Crippen LogP contribution in [0.25, 0.3) is 0 Å². The van der Waals surface area contributed by atoms with E-state index in [1.54, 1.807) is 0 Å². The molecule has 20 heavy (non-hydrogen) atoms. The van der Waals surface area contributed by atoms with Gasteiger partial charge in [0.2, 0.25) is 0 Å². The van der Waals surface area contributed by atoms with E-state index in [1.807, 2.05) is 56.3 Å². The summed E-state index contributed by atoms with van der Waals surface area (Å²) < 4.78 is 0. The van der Waals surface area contributed by atoms with E-state index in [2.05, 4.69) is 5.32 Å². The summed E-state index contributed by atoms with van der Waals surface area (Å²) in [7, 11) is 0. The number of anilines is 1. The number of benzene rings is 2. The zero-order valence-electron chi connectivity index (χ0n) is 11.9. The minimum atomic E-state index is -0.0715. The van der Waals surface area contributed by atoms with Gasteiger partial charge in [0, 0.05) is 11.3 Å². The predicted molar refractivity (Wildman–Crippen MR) is 83.1 cm³/mol. The second-order valence-electron chi connectivity index (χ2n) is 4.94. The molecular weight excluding hydrogens is 248 g/mol. The van der Waals surface area contributed by atoms with Crippen LogP contribution in [0.3, 0.4) is 0 Å². The Kier molecular flexibility index (Phi) is 4.53. The fraction of sp³-hybridized carbons (Fsp3) is 0.235. The largest absolute Gasteiger partial charge is 0.330 e. The van der Waals surface area contributed by atoms with E-state index in [1.165, 1.54) is 5.56 Å². The van der Waals surface area contributed by atoms with E-state index in [9.17, 15) is 4.79 Å². The first kappa shape index (κ1) is 14.3. The maximum absolute atomic E-state index is 12.3. The third-order valence-electron chi connectivity index (χ3n) is 3.49. The van der Waals surface area contributed by atoms with Crippen LogP contribution in [-0.2, 0) is 6.42 Å². The molecule has 0 aromatic heterocycles. The third kappa shape index (κ3) is 3.25. The van der Waals surface area contributed by atoms with Gasteiger partial charge < -0.3 is 11.1 Å². The van der Waals surface area contributed by atoms with Gasteiger partial charge in [-0.3, -0.25) is 4.79 Å². The van der Waals surface area contributed by atoms with Crippen molar-refractivity contribution in [3.05, 3.63) is 64.7 Å². The average molecular weight is 268 g/mol. The average Bonchev–Trinajstić information content (AvgIpc) is 2.44. The maximum atomic E-state index is 12.3. The Bertz CT molecular complexity index is 603. The molecule has 3 heteroatoms. The monoisotopic (exact) mass is 268 g/mol. The highest BCUT2D eigenvalue weighted by Gasteiger charge is 2.10. The molecule has 2 rings (SSSR count). The molecule has 2 aromatic carbocycles. The highest BCUT2D eigenvalue weighted by atomic mass is 16.1. The molecule has 0 radical (unpaired) electrons. The van der Waals surface area contributed by atoms with Crippen molar-refractivity contribution in [2.45, 2.75) is 20.3 Å². The molecule has 0 saturated heterocycles. The third-order valence-corrected chi connectivity index (χ3v) is 3.49. The van der Waals surface area contributed by atoms with Crippen molar-refractivity contribution >= 4 is 11.6 Å². The van der Waals surface area contributed by atoms with Crippen molar-refractivity contribution < 1.29 is 4.79 Å². The van der Waals surface area contributed by atoms with E-state index >= 15 is 0 Å². The summed E-state index contributed by atoms with van der Waals surface area (Å²) in [5.74, 6) is -0.0715. The quantitative estimate of drug-likeness (QED) is 0.895. The first-order chi connectivity index (χ1) is 9.61. The van der Waals surface area contributed by atoms with Crippen LogP contribution < -0.4 is 11.1 Å². The lowest BCUT2D eigenvalue weighted by molar-refractivity contribution is 0.102. The van der Waals surface area contributed by atoms with E-state index in [0.717, 1.165) is 28.8 Å². The molecule has 0 fully saturated rings. The number of nitrogens with one attached hydrogen (secondary N) is 1. The second-order valence-corrected chi connectivity index (χ2v) is 4.94. The van der Waals surface area contributed by atoms with E-state index < -0.39 is 0 Å². The minimum Gasteiger partial charge on any atom is -0.330 e. The number of hydrogen-bond donors (Lipinski definition) is 2. The summed E-state index contributed by atoms with van der Waals surface area (Å²) in [6.07, 6.45) is 0.852. The van der Waals surface area contributed by atoms with Crippen LogP contribution in [0.4, 0.5) is 5.69 Å². The Morgan fingerprint density at radius 2 is 1.80 bits per heavy atom. The smallest absolute Gasteiger partial charge is 0.255 e. The predicted octanol–water partition coefficient (Wildman–Crippen LogP) is 3.06. The number of carbonyl (C=O) groups excluding carboxylic acids is 1. The van der Waals surface area contributed by atoms with Gasteiger partial charge in [-0.2, -0.15) is 0 Å². The fourth-order valence-electron chi connectivity index (χ4n) is 2.12. The van der Waals surface area contributed by atoms with E-state index in [4.69, 9.17) is 5.73 Å². The molecule has 0 saturated carbocycles. The Hall–Kier alpha value is -2.13.